The molecule has 0 radical (unpaired) electrons. The van der Waals surface area contributed by atoms with Gasteiger partial charge >= 0.3 is 10.2 Å². The summed E-state index contributed by atoms with van der Waals surface area (Å²) in [6, 6.07) is 12.8. The van der Waals surface area contributed by atoms with E-state index in [1.54, 1.807) is 18.2 Å². The summed E-state index contributed by atoms with van der Waals surface area (Å²) in [5, 5.41) is 0. The number of nitrogens with zero attached hydrogens (tertiary/aromatic N) is 2. The smallest absolute Gasteiger partial charge is 0.225 e. The van der Waals surface area contributed by atoms with Gasteiger partial charge < -0.3 is 0 Å². The highest BCUT2D eigenvalue weighted by Crippen LogP contribution is 2.38. The Morgan fingerprint density at radius 3 is 2.65 bits per heavy atom. The van der Waals surface area contributed by atoms with Gasteiger partial charge in [0.25, 0.3) is 0 Å². The normalized spacial score (nSPS) is 17.0. The molecule has 3 rings (SSSR count). The summed E-state index contributed by atoms with van der Waals surface area (Å²) >= 11 is 5.70. The summed E-state index contributed by atoms with van der Waals surface area (Å²) in [5.41, 5.74) is 1.72. The van der Waals surface area contributed by atoms with Crippen molar-refractivity contribution in [2.75, 3.05) is 16.7 Å². The molecule has 23 heavy (non-hydrogen) atoms. The second kappa shape index (κ2) is 6.47. The van der Waals surface area contributed by atoms with Gasteiger partial charge in [0.15, 0.2) is 0 Å². The van der Waals surface area contributed by atoms with Crippen LogP contribution in [0.15, 0.2) is 48.5 Å². The first-order valence-corrected chi connectivity index (χ1v) is 9.17. The Balaban J connectivity index is 2.14. The highest BCUT2D eigenvalue weighted by Gasteiger charge is 2.37. The van der Waals surface area contributed by atoms with E-state index in [0.29, 0.717) is 31.1 Å². The summed E-state index contributed by atoms with van der Waals surface area (Å²) in [5.74, 6) is -0.0961. The first-order chi connectivity index (χ1) is 11.0. The monoisotopic (exact) mass is 354 g/mol. The van der Waals surface area contributed by atoms with E-state index in [2.05, 4.69) is 0 Å². The molecule has 0 aromatic heterocycles. The molecule has 1 heterocycles. The molecule has 0 atom stereocenters. The highest BCUT2D eigenvalue weighted by atomic mass is 35.5. The van der Waals surface area contributed by atoms with Crippen molar-refractivity contribution in [1.29, 1.82) is 0 Å². The van der Waals surface area contributed by atoms with Crippen LogP contribution in [0.25, 0.3) is 0 Å². The number of fused-ring (bicyclic) bond motifs is 1. The Kier molecular flexibility index (Phi) is 4.57. The molecule has 122 valence electrons. The summed E-state index contributed by atoms with van der Waals surface area (Å²) in [4.78, 5) is 0. The zero-order chi connectivity index (χ0) is 16.4. The minimum absolute atomic E-state index is 0.285. The standard InChI is InChI=1S/C16H16ClFN2O2S/c17-9-4-10-19-12-13-5-1-2-8-16(13)20(23(19,21)22)15-7-3-6-14(18)11-15/h1-3,5-8,11H,4,9-10,12H2. The van der Waals surface area contributed by atoms with Gasteiger partial charge in [0, 0.05) is 19.0 Å². The van der Waals surface area contributed by atoms with Crippen LogP contribution in [0.2, 0.25) is 0 Å². The van der Waals surface area contributed by atoms with Gasteiger partial charge in [-0.15, -0.1) is 11.6 Å². The Hall–Kier alpha value is -1.63. The van der Waals surface area contributed by atoms with Crippen LogP contribution in [0.3, 0.4) is 0 Å². The summed E-state index contributed by atoms with van der Waals surface area (Å²) in [6.07, 6.45) is 0.555. The van der Waals surface area contributed by atoms with E-state index in [-0.39, 0.29) is 5.69 Å². The molecule has 0 fully saturated rings. The van der Waals surface area contributed by atoms with E-state index in [1.807, 2.05) is 12.1 Å². The van der Waals surface area contributed by atoms with Crippen molar-refractivity contribution in [1.82, 2.24) is 4.31 Å². The van der Waals surface area contributed by atoms with Gasteiger partial charge in [-0.1, -0.05) is 24.3 Å². The van der Waals surface area contributed by atoms with Crippen LogP contribution < -0.4 is 4.31 Å². The molecule has 0 unspecified atom stereocenters. The molecule has 2 aromatic rings. The van der Waals surface area contributed by atoms with Crippen molar-refractivity contribution in [3.05, 3.63) is 59.9 Å². The van der Waals surface area contributed by atoms with Crippen LogP contribution in [-0.2, 0) is 16.8 Å². The van der Waals surface area contributed by atoms with Crippen molar-refractivity contribution < 1.29 is 12.8 Å². The lowest BCUT2D eigenvalue weighted by Gasteiger charge is -2.37. The number of rotatable bonds is 4. The fraction of sp³-hybridized carbons (Fsp3) is 0.250. The van der Waals surface area contributed by atoms with E-state index >= 15 is 0 Å². The maximum absolute atomic E-state index is 13.6. The van der Waals surface area contributed by atoms with Crippen LogP contribution in [0.4, 0.5) is 15.8 Å². The zero-order valence-corrected chi connectivity index (χ0v) is 13.9. The molecule has 0 bridgehead atoms. The molecule has 0 spiro atoms. The van der Waals surface area contributed by atoms with Crippen LogP contribution in [0.5, 0.6) is 0 Å². The molecular weight excluding hydrogens is 339 g/mol. The Morgan fingerprint density at radius 1 is 1.13 bits per heavy atom. The molecule has 0 saturated heterocycles. The fourth-order valence-corrected chi connectivity index (χ4v) is 4.48. The quantitative estimate of drug-likeness (QED) is 0.786. The van der Waals surface area contributed by atoms with Crippen LogP contribution in [-0.4, -0.2) is 25.1 Å². The van der Waals surface area contributed by atoms with Gasteiger partial charge in [0.05, 0.1) is 11.4 Å². The average molecular weight is 355 g/mol. The van der Waals surface area contributed by atoms with E-state index < -0.39 is 16.0 Å². The predicted molar refractivity (Wildman–Crippen MR) is 89.6 cm³/mol. The fourth-order valence-electron chi connectivity index (χ4n) is 2.66. The number of benzene rings is 2. The van der Waals surface area contributed by atoms with Gasteiger partial charge in [0.2, 0.25) is 0 Å². The number of alkyl halides is 1. The van der Waals surface area contributed by atoms with Crippen molar-refractivity contribution in [3.8, 4) is 0 Å². The molecule has 2 aromatic carbocycles. The van der Waals surface area contributed by atoms with Crippen molar-refractivity contribution in [3.63, 3.8) is 0 Å². The Bertz CT molecular complexity index is 813. The first kappa shape index (κ1) is 16.2. The van der Waals surface area contributed by atoms with Crippen molar-refractivity contribution >= 4 is 33.2 Å². The molecule has 0 aliphatic carbocycles. The topological polar surface area (TPSA) is 40.6 Å². The van der Waals surface area contributed by atoms with E-state index in [9.17, 15) is 12.8 Å². The molecule has 4 nitrogen and oxygen atoms in total. The second-order valence-electron chi connectivity index (χ2n) is 5.26. The van der Waals surface area contributed by atoms with Crippen molar-refractivity contribution in [2.45, 2.75) is 13.0 Å². The van der Waals surface area contributed by atoms with Crippen molar-refractivity contribution in [2.24, 2.45) is 0 Å². The predicted octanol–water partition coefficient (Wildman–Crippen LogP) is 3.65. The van der Waals surface area contributed by atoms with E-state index in [4.69, 9.17) is 11.6 Å². The van der Waals surface area contributed by atoms with Gasteiger partial charge in [0.1, 0.15) is 5.82 Å². The lowest BCUT2D eigenvalue weighted by Crippen LogP contribution is -2.45. The van der Waals surface area contributed by atoms with Gasteiger partial charge in [-0.2, -0.15) is 12.7 Å². The second-order valence-corrected chi connectivity index (χ2v) is 7.41. The number of para-hydroxylation sites is 1. The summed E-state index contributed by atoms with van der Waals surface area (Å²) < 4.78 is 42.1. The maximum Gasteiger partial charge on any atom is 0.308 e. The molecule has 0 N–H and O–H groups in total. The lowest BCUT2D eigenvalue weighted by molar-refractivity contribution is 0.400. The van der Waals surface area contributed by atoms with Crippen LogP contribution in [0, 0.1) is 5.82 Å². The van der Waals surface area contributed by atoms with Crippen LogP contribution in [0.1, 0.15) is 12.0 Å². The third-order valence-electron chi connectivity index (χ3n) is 3.70. The molecular formula is C16H16ClFN2O2S. The molecule has 0 amide bonds. The van der Waals surface area contributed by atoms with E-state index in [1.165, 1.54) is 26.8 Å². The number of hydrogen-bond acceptors (Lipinski definition) is 2. The SMILES string of the molecule is O=S1(=O)N(CCCCl)Cc2ccccc2N1c1cccc(F)c1. The van der Waals surface area contributed by atoms with Gasteiger partial charge in [-0.05, 0) is 36.2 Å². The lowest BCUT2D eigenvalue weighted by atomic mass is 10.1. The van der Waals surface area contributed by atoms with Gasteiger partial charge in [-0.3, -0.25) is 0 Å². The van der Waals surface area contributed by atoms with E-state index in [0.717, 1.165) is 5.56 Å². The third-order valence-corrected chi connectivity index (χ3v) is 5.80. The maximum atomic E-state index is 13.6. The molecule has 0 saturated carbocycles. The number of anilines is 2. The Labute approximate surface area is 140 Å². The Morgan fingerprint density at radius 2 is 1.91 bits per heavy atom. The first-order valence-electron chi connectivity index (χ1n) is 7.24. The molecule has 1 aliphatic heterocycles. The van der Waals surface area contributed by atoms with Crippen LogP contribution >= 0.6 is 11.6 Å². The number of halogens is 2. The van der Waals surface area contributed by atoms with Gasteiger partial charge in [-0.25, -0.2) is 8.70 Å². The molecule has 1 aliphatic rings. The summed E-state index contributed by atoms with van der Waals surface area (Å²) in [6.45, 7) is 0.618. The minimum Gasteiger partial charge on any atom is -0.225 e. The minimum atomic E-state index is -3.78. The average Bonchev–Trinajstić information content (AvgIpc) is 2.52. The molecule has 7 heteroatoms. The zero-order valence-electron chi connectivity index (χ0n) is 12.3. The highest BCUT2D eigenvalue weighted by molar-refractivity contribution is 7.90. The summed E-state index contributed by atoms with van der Waals surface area (Å²) in [7, 11) is -3.78. The largest absolute Gasteiger partial charge is 0.308 e. The number of hydrogen-bond donors (Lipinski definition) is 0. The third kappa shape index (κ3) is 3.06.